The van der Waals surface area contributed by atoms with Crippen molar-refractivity contribution in [2.75, 3.05) is 32.7 Å². The molecule has 2 nitrogen and oxygen atoms in total. The quantitative estimate of drug-likeness (QED) is 0.471. The Morgan fingerprint density at radius 1 is 0.750 bits per heavy atom. The number of hydrogen-bond acceptors (Lipinski definition) is 2. The second-order valence-corrected chi connectivity index (χ2v) is 6.97. The molecule has 122 valence electrons. The van der Waals surface area contributed by atoms with Gasteiger partial charge in [-0.15, -0.1) is 0 Å². The van der Waals surface area contributed by atoms with Crippen molar-refractivity contribution in [3.8, 4) is 0 Å². The Bertz CT molecular complexity index is 178. The lowest BCUT2D eigenvalue weighted by atomic mass is 10.1. The van der Waals surface area contributed by atoms with E-state index in [0.717, 1.165) is 18.4 Å². The zero-order valence-corrected chi connectivity index (χ0v) is 14.9. The van der Waals surface area contributed by atoms with Crippen molar-refractivity contribution in [2.24, 2.45) is 11.8 Å². The fraction of sp³-hybridized carbons (Fsp3) is 1.00. The summed E-state index contributed by atoms with van der Waals surface area (Å²) >= 11 is 0. The molecule has 0 bridgehead atoms. The van der Waals surface area contributed by atoms with Gasteiger partial charge in [-0.3, -0.25) is 0 Å². The Morgan fingerprint density at radius 2 is 1.30 bits per heavy atom. The second kappa shape index (κ2) is 13.9. The molecule has 0 saturated heterocycles. The Kier molecular flexibility index (Phi) is 13.8. The maximum Gasteiger partial charge on any atom is -0.00163 e. The summed E-state index contributed by atoms with van der Waals surface area (Å²) in [5.41, 5.74) is 0. The van der Waals surface area contributed by atoms with E-state index >= 15 is 0 Å². The first-order valence-electron chi connectivity index (χ1n) is 8.99. The lowest BCUT2D eigenvalue weighted by Gasteiger charge is -2.24. The average molecular weight is 285 g/mol. The van der Waals surface area contributed by atoms with Crippen molar-refractivity contribution in [1.29, 1.82) is 0 Å². The van der Waals surface area contributed by atoms with Gasteiger partial charge in [0.25, 0.3) is 0 Å². The minimum Gasteiger partial charge on any atom is -0.317 e. The van der Waals surface area contributed by atoms with Crippen molar-refractivity contribution in [3.63, 3.8) is 0 Å². The summed E-state index contributed by atoms with van der Waals surface area (Å²) in [6, 6.07) is 0. The van der Waals surface area contributed by atoms with E-state index in [1.807, 2.05) is 0 Å². The Hall–Kier alpha value is -0.0800. The van der Waals surface area contributed by atoms with Crippen LogP contribution in [0.1, 0.15) is 73.1 Å². The lowest BCUT2D eigenvalue weighted by Crippen LogP contribution is -2.29. The SMILES string of the molecule is CCNCCCCCCN(CCC(C)C)CCC(C)C. The molecule has 0 unspecified atom stereocenters. The summed E-state index contributed by atoms with van der Waals surface area (Å²) in [5, 5.41) is 3.40. The van der Waals surface area contributed by atoms with Gasteiger partial charge in [-0.1, -0.05) is 47.5 Å². The molecule has 0 atom stereocenters. The highest BCUT2D eigenvalue weighted by molar-refractivity contribution is 4.62. The highest BCUT2D eigenvalue weighted by Gasteiger charge is 2.07. The first-order valence-corrected chi connectivity index (χ1v) is 8.99. The molecule has 0 aliphatic rings. The molecule has 0 aliphatic heterocycles. The zero-order chi connectivity index (χ0) is 15.2. The number of nitrogens with zero attached hydrogens (tertiary/aromatic N) is 1. The zero-order valence-electron chi connectivity index (χ0n) is 14.9. The molecular formula is C18H40N2. The van der Waals surface area contributed by atoms with E-state index in [0.29, 0.717) is 0 Å². The van der Waals surface area contributed by atoms with Crippen LogP contribution < -0.4 is 5.32 Å². The molecule has 20 heavy (non-hydrogen) atoms. The van der Waals surface area contributed by atoms with Gasteiger partial charge >= 0.3 is 0 Å². The fourth-order valence-electron chi connectivity index (χ4n) is 2.33. The van der Waals surface area contributed by atoms with E-state index in [2.05, 4.69) is 44.8 Å². The van der Waals surface area contributed by atoms with Crippen LogP contribution in [0.25, 0.3) is 0 Å². The van der Waals surface area contributed by atoms with Gasteiger partial charge in [-0.2, -0.15) is 0 Å². The second-order valence-electron chi connectivity index (χ2n) is 6.97. The van der Waals surface area contributed by atoms with Crippen LogP contribution in [-0.4, -0.2) is 37.6 Å². The Labute approximate surface area is 128 Å². The van der Waals surface area contributed by atoms with Gasteiger partial charge < -0.3 is 10.2 Å². The fourth-order valence-corrected chi connectivity index (χ4v) is 2.33. The maximum absolute atomic E-state index is 3.40. The van der Waals surface area contributed by atoms with Gasteiger partial charge in [-0.05, 0) is 70.2 Å². The third-order valence-electron chi connectivity index (χ3n) is 3.87. The van der Waals surface area contributed by atoms with Crippen LogP contribution in [0.2, 0.25) is 0 Å². The average Bonchev–Trinajstić information content (AvgIpc) is 2.39. The minimum atomic E-state index is 0.830. The maximum atomic E-state index is 3.40. The number of hydrogen-bond donors (Lipinski definition) is 1. The van der Waals surface area contributed by atoms with Gasteiger partial charge in [0, 0.05) is 0 Å². The molecule has 0 heterocycles. The van der Waals surface area contributed by atoms with Gasteiger partial charge in [-0.25, -0.2) is 0 Å². The Morgan fingerprint density at radius 3 is 1.80 bits per heavy atom. The van der Waals surface area contributed by atoms with E-state index in [9.17, 15) is 0 Å². The molecule has 0 aromatic heterocycles. The summed E-state index contributed by atoms with van der Waals surface area (Å²) in [5.74, 6) is 1.66. The van der Waals surface area contributed by atoms with Crippen molar-refractivity contribution < 1.29 is 0 Å². The van der Waals surface area contributed by atoms with E-state index in [1.165, 1.54) is 64.7 Å². The summed E-state index contributed by atoms with van der Waals surface area (Å²) in [6.07, 6.45) is 8.19. The predicted molar refractivity (Wildman–Crippen MR) is 92.4 cm³/mol. The van der Waals surface area contributed by atoms with Crippen LogP contribution >= 0.6 is 0 Å². The summed E-state index contributed by atoms with van der Waals surface area (Å²) < 4.78 is 0. The molecule has 0 rings (SSSR count). The van der Waals surface area contributed by atoms with Gasteiger partial charge in [0.2, 0.25) is 0 Å². The van der Waals surface area contributed by atoms with Crippen LogP contribution in [0.5, 0.6) is 0 Å². The number of nitrogens with one attached hydrogen (secondary N) is 1. The number of rotatable bonds is 14. The molecule has 0 radical (unpaired) electrons. The summed E-state index contributed by atoms with van der Waals surface area (Å²) in [4.78, 5) is 2.70. The first kappa shape index (κ1) is 19.9. The third-order valence-corrected chi connectivity index (χ3v) is 3.87. The Balaban J connectivity index is 3.67. The third kappa shape index (κ3) is 14.3. The van der Waals surface area contributed by atoms with Crippen molar-refractivity contribution in [1.82, 2.24) is 10.2 Å². The van der Waals surface area contributed by atoms with Gasteiger partial charge in [0.05, 0.1) is 0 Å². The molecule has 0 aliphatic carbocycles. The number of unbranched alkanes of at least 4 members (excludes halogenated alkanes) is 3. The van der Waals surface area contributed by atoms with Crippen molar-refractivity contribution in [2.45, 2.75) is 73.1 Å². The predicted octanol–water partition coefficient (Wildman–Crippen LogP) is 4.55. The molecule has 2 heteroatoms. The van der Waals surface area contributed by atoms with Gasteiger partial charge in [0.15, 0.2) is 0 Å². The van der Waals surface area contributed by atoms with E-state index in [1.54, 1.807) is 0 Å². The molecular weight excluding hydrogens is 244 g/mol. The first-order chi connectivity index (χ1) is 9.56. The normalized spacial score (nSPS) is 12.0. The van der Waals surface area contributed by atoms with E-state index in [-0.39, 0.29) is 0 Å². The minimum absolute atomic E-state index is 0.830. The molecule has 0 amide bonds. The van der Waals surface area contributed by atoms with Crippen LogP contribution in [0, 0.1) is 11.8 Å². The monoisotopic (exact) mass is 284 g/mol. The molecule has 0 saturated carbocycles. The van der Waals surface area contributed by atoms with E-state index < -0.39 is 0 Å². The molecule has 0 aromatic carbocycles. The highest BCUT2D eigenvalue weighted by atomic mass is 15.1. The lowest BCUT2D eigenvalue weighted by molar-refractivity contribution is 0.238. The molecule has 0 spiro atoms. The summed E-state index contributed by atoms with van der Waals surface area (Å²) in [7, 11) is 0. The van der Waals surface area contributed by atoms with Crippen molar-refractivity contribution >= 4 is 0 Å². The standard InChI is InChI=1S/C18H40N2/c1-6-19-13-9-7-8-10-14-20(15-11-17(2)3)16-12-18(4)5/h17-19H,6-16H2,1-5H3. The van der Waals surface area contributed by atoms with Crippen LogP contribution in [-0.2, 0) is 0 Å². The molecule has 0 fully saturated rings. The van der Waals surface area contributed by atoms with Crippen LogP contribution in [0.4, 0.5) is 0 Å². The largest absolute Gasteiger partial charge is 0.317 e. The van der Waals surface area contributed by atoms with E-state index in [4.69, 9.17) is 0 Å². The molecule has 1 N–H and O–H groups in total. The van der Waals surface area contributed by atoms with Crippen molar-refractivity contribution in [3.05, 3.63) is 0 Å². The smallest absolute Gasteiger partial charge is 0.00163 e. The highest BCUT2D eigenvalue weighted by Crippen LogP contribution is 2.09. The van der Waals surface area contributed by atoms with Crippen LogP contribution in [0.3, 0.4) is 0 Å². The topological polar surface area (TPSA) is 15.3 Å². The summed E-state index contributed by atoms with van der Waals surface area (Å²) in [6.45, 7) is 17.7. The van der Waals surface area contributed by atoms with Gasteiger partial charge in [0.1, 0.15) is 0 Å². The van der Waals surface area contributed by atoms with Crippen LogP contribution in [0.15, 0.2) is 0 Å². The molecule has 0 aromatic rings.